The average molecular weight is 155 g/mol. The number of carbonyl (C=O) groups is 1. The van der Waals surface area contributed by atoms with Crippen molar-refractivity contribution in [3.63, 3.8) is 0 Å². The quantitative estimate of drug-likeness (QED) is 0.512. The molecule has 3 atom stereocenters. The summed E-state index contributed by atoms with van der Waals surface area (Å²) in [7, 11) is 0. The first kappa shape index (κ1) is 7.10. The van der Waals surface area contributed by atoms with Gasteiger partial charge in [-0.15, -0.1) is 0 Å². The predicted molar refractivity (Wildman–Crippen MR) is 39.8 cm³/mol. The minimum atomic E-state index is 0.0903. The number of ether oxygens (including phenoxy) is 1. The summed E-state index contributed by atoms with van der Waals surface area (Å²) in [5.74, 6) is 0.433. The molecule has 0 aromatic rings. The molecular weight excluding hydrogens is 142 g/mol. The second kappa shape index (κ2) is 2.21. The molecule has 0 aromatic carbocycles. The van der Waals surface area contributed by atoms with Crippen molar-refractivity contribution >= 4 is 5.91 Å². The fourth-order valence-corrected chi connectivity index (χ4v) is 1.89. The molecule has 2 aliphatic rings. The van der Waals surface area contributed by atoms with Gasteiger partial charge in [0.05, 0.1) is 12.6 Å². The molecule has 0 unspecified atom stereocenters. The summed E-state index contributed by atoms with van der Waals surface area (Å²) < 4.78 is 5.44. The third-order valence-electron chi connectivity index (χ3n) is 2.55. The summed E-state index contributed by atoms with van der Waals surface area (Å²) in [6.45, 7) is 4.72. The highest BCUT2D eigenvalue weighted by Crippen LogP contribution is 2.31. The van der Waals surface area contributed by atoms with Crippen LogP contribution in [0.1, 0.15) is 20.3 Å². The van der Waals surface area contributed by atoms with E-state index in [1.54, 1.807) is 0 Å². The lowest BCUT2D eigenvalue weighted by Gasteiger charge is -2.17. The zero-order valence-corrected chi connectivity index (χ0v) is 6.91. The maximum Gasteiger partial charge on any atom is 0.227 e. The molecule has 62 valence electrons. The van der Waals surface area contributed by atoms with Gasteiger partial charge in [0.25, 0.3) is 0 Å². The lowest BCUT2D eigenvalue weighted by molar-refractivity contribution is -0.133. The van der Waals surface area contributed by atoms with Gasteiger partial charge in [-0.05, 0) is 6.92 Å². The van der Waals surface area contributed by atoms with Gasteiger partial charge in [0.1, 0.15) is 6.23 Å². The van der Waals surface area contributed by atoms with Crippen LogP contribution in [0.3, 0.4) is 0 Å². The number of hydrogen-bond donors (Lipinski definition) is 0. The highest BCUT2D eigenvalue weighted by molar-refractivity contribution is 5.81. The second-order valence-corrected chi connectivity index (χ2v) is 3.52. The monoisotopic (exact) mass is 155 g/mol. The third kappa shape index (κ3) is 0.872. The predicted octanol–water partition coefficient (Wildman–Crippen LogP) is 0.600. The van der Waals surface area contributed by atoms with Crippen LogP contribution in [-0.4, -0.2) is 29.7 Å². The van der Waals surface area contributed by atoms with E-state index in [0.29, 0.717) is 6.61 Å². The number of fused-ring (bicyclic) bond motifs is 1. The van der Waals surface area contributed by atoms with Crippen LogP contribution in [0.15, 0.2) is 0 Å². The Morgan fingerprint density at radius 2 is 2.27 bits per heavy atom. The van der Waals surface area contributed by atoms with Crippen molar-refractivity contribution in [2.45, 2.75) is 32.5 Å². The lowest BCUT2D eigenvalue weighted by atomic mass is 10.1. The summed E-state index contributed by atoms with van der Waals surface area (Å²) in [5.41, 5.74) is 0. The van der Waals surface area contributed by atoms with E-state index < -0.39 is 0 Å². The first-order valence-electron chi connectivity index (χ1n) is 4.14. The summed E-state index contributed by atoms with van der Waals surface area (Å²) in [4.78, 5) is 13.3. The van der Waals surface area contributed by atoms with E-state index in [2.05, 4.69) is 0 Å². The molecule has 0 saturated carbocycles. The largest absolute Gasteiger partial charge is 0.356 e. The first-order valence-corrected chi connectivity index (χ1v) is 4.14. The smallest absolute Gasteiger partial charge is 0.227 e. The summed E-state index contributed by atoms with van der Waals surface area (Å²) in [5, 5.41) is 0. The van der Waals surface area contributed by atoms with E-state index >= 15 is 0 Å². The van der Waals surface area contributed by atoms with Gasteiger partial charge in [-0.3, -0.25) is 4.79 Å². The van der Waals surface area contributed by atoms with Crippen LogP contribution in [0, 0.1) is 5.92 Å². The maximum absolute atomic E-state index is 11.4. The van der Waals surface area contributed by atoms with Gasteiger partial charge in [0.2, 0.25) is 5.91 Å². The molecule has 0 aliphatic carbocycles. The van der Waals surface area contributed by atoms with Crippen molar-refractivity contribution in [2.75, 3.05) is 6.61 Å². The van der Waals surface area contributed by atoms with Gasteiger partial charge in [-0.25, -0.2) is 0 Å². The number of rotatable bonds is 0. The van der Waals surface area contributed by atoms with Gasteiger partial charge in [0, 0.05) is 12.3 Å². The molecule has 0 radical (unpaired) electrons. The Bertz CT molecular complexity index is 193. The molecule has 2 rings (SSSR count). The van der Waals surface area contributed by atoms with Crippen LogP contribution in [0.2, 0.25) is 0 Å². The number of hydrogen-bond acceptors (Lipinski definition) is 2. The second-order valence-electron chi connectivity index (χ2n) is 3.52. The minimum absolute atomic E-state index is 0.0903. The van der Waals surface area contributed by atoms with Crippen LogP contribution in [-0.2, 0) is 9.53 Å². The van der Waals surface area contributed by atoms with Crippen molar-refractivity contribution in [1.29, 1.82) is 0 Å². The minimum Gasteiger partial charge on any atom is -0.356 e. The molecule has 1 amide bonds. The molecule has 2 saturated heterocycles. The topological polar surface area (TPSA) is 29.5 Å². The fourth-order valence-electron chi connectivity index (χ4n) is 1.89. The van der Waals surface area contributed by atoms with Crippen LogP contribution >= 0.6 is 0 Å². The zero-order chi connectivity index (χ0) is 8.01. The molecule has 0 aromatic heterocycles. The number of carbonyl (C=O) groups excluding carboxylic acids is 1. The van der Waals surface area contributed by atoms with E-state index in [9.17, 15) is 4.79 Å². The SMILES string of the molecule is C[C@@H]1CO[C@@H]2C[C@H](C)C(=O)N12. The molecule has 0 N–H and O–H groups in total. The summed E-state index contributed by atoms with van der Waals surface area (Å²) in [6, 6.07) is 0.289. The van der Waals surface area contributed by atoms with E-state index in [-0.39, 0.29) is 24.1 Å². The Morgan fingerprint density at radius 3 is 2.91 bits per heavy atom. The van der Waals surface area contributed by atoms with Gasteiger partial charge in [0.15, 0.2) is 0 Å². The molecule has 2 fully saturated rings. The van der Waals surface area contributed by atoms with Gasteiger partial charge in [-0.1, -0.05) is 6.92 Å². The van der Waals surface area contributed by atoms with Crippen molar-refractivity contribution in [2.24, 2.45) is 5.92 Å². The average Bonchev–Trinajstić information content (AvgIpc) is 2.41. The summed E-state index contributed by atoms with van der Waals surface area (Å²) in [6.07, 6.45) is 0.968. The molecule has 2 aliphatic heterocycles. The van der Waals surface area contributed by atoms with E-state index in [4.69, 9.17) is 4.74 Å². The van der Waals surface area contributed by atoms with E-state index in [1.807, 2.05) is 18.7 Å². The van der Waals surface area contributed by atoms with Crippen molar-refractivity contribution in [3.05, 3.63) is 0 Å². The van der Waals surface area contributed by atoms with Gasteiger partial charge in [-0.2, -0.15) is 0 Å². The van der Waals surface area contributed by atoms with Crippen molar-refractivity contribution in [3.8, 4) is 0 Å². The van der Waals surface area contributed by atoms with E-state index in [1.165, 1.54) is 0 Å². The highest BCUT2D eigenvalue weighted by atomic mass is 16.5. The molecule has 3 nitrogen and oxygen atoms in total. The fraction of sp³-hybridized carbons (Fsp3) is 0.875. The van der Waals surface area contributed by atoms with Crippen LogP contribution in [0.4, 0.5) is 0 Å². The molecule has 0 bridgehead atoms. The summed E-state index contributed by atoms with van der Waals surface area (Å²) >= 11 is 0. The van der Waals surface area contributed by atoms with E-state index in [0.717, 1.165) is 6.42 Å². The normalized spacial score (nSPS) is 43.3. The number of amides is 1. The molecule has 0 spiro atoms. The van der Waals surface area contributed by atoms with Crippen LogP contribution in [0.25, 0.3) is 0 Å². The van der Waals surface area contributed by atoms with Gasteiger partial charge < -0.3 is 9.64 Å². The Kier molecular flexibility index (Phi) is 1.42. The maximum atomic E-state index is 11.4. The molecular formula is C8H13NO2. The molecule has 3 heteroatoms. The third-order valence-corrected chi connectivity index (χ3v) is 2.55. The number of nitrogens with zero attached hydrogens (tertiary/aromatic N) is 1. The van der Waals surface area contributed by atoms with Crippen molar-refractivity contribution < 1.29 is 9.53 Å². The first-order chi connectivity index (χ1) is 5.20. The van der Waals surface area contributed by atoms with Gasteiger partial charge >= 0.3 is 0 Å². The Labute approximate surface area is 66.3 Å². The molecule has 11 heavy (non-hydrogen) atoms. The zero-order valence-electron chi connectivity index (χ0n) is 6.91. The highest BCUT2D eigenvalue weighted by Gasteiger charge is 2.44. The molecule has 2 heterocycles. The Morgan fingerprint density at radius 1 is 1.55 bits per heavy atom. The van der Waals surface area contributed by atoms with Crippen LogP contribution in [0.5, 0.6) is 0 Å². The van der Waals surface area contributed by atoms with Crippen molar-refractivity contribution in [1.82, 2.24) is 4.90 Å². The standard InChI is InChI=1S/C8H13NO2/c1-5-3-7-9(8(5)10)6(2)4-11-7/h5-7H,3-4H2,1-2H3/t5-,6+,7+/m0/s1. The van der Waals surface area contributed by atoms with Crippen LogP contribution < -0.4 is 0 Å². The Hall–Kier alpha value is -0.570. The Balaban J connectivity index is 2.20. The lowest BCUT2D eigenvalue weighted by Crippen LogP contribution is -2.35.